The summed E-state index contributed by atoms with van der Waals surface area (Å²) in [4.78, 5) is 2.20. The van der Waals surface area contributed by atoms with Gasteiger partial charge in [0.15, 0.2) is 5.16 Å². The molecule has 32 heavy (non-hydrogen) atoms. The number of rotatable bonds is 11. The summed E-state index contributed by atoms with van der Waals surface area (Å²) >= 11 is 1.74. The number of furan rings is 1. The number of thioether (sulfide) groups is 1. The number of aryl methyl sites for hydroxylation is 1. The summed E-state index contributed by atoms with van der Waals surface area (Å²) in [5.74, 6) is 3.59. The molecule has 1 aromatic carbocycles. The molecule has 0 amide bonds. The van der Waals surface area contributed by atoms with Gasteiger partial charge in [-0.15, -0.1) is 10.2 Å². The van der Waals surface area contributed by atoms with Gasteiger partial charge in [0.1, 0.15) is 24.0 Å². The van der Waals surface area contributed by atoms with E-state index >= 15 is 0 Å². The van der Waals surface area contributed by atoms with Gasteiger partial charge in [0, 0.05) is 19.5 Å². The maximum atomic E-state index is 5.92. The van der Waals surface area contributed by atoms with E-state index in [9.17, 15) is 0 Å². The van der Waals surface area contributed by atoms with E-state index in [0.717, 1.165) is 54.2 Å². The van der Waals surface area contributed by atoms with Crippen LogP contribution < -0.4 is 0 Å². The number of hydrogen-bond donors (Lipinski definition) is 0. The van der Waals surface area contributed by atoms with Gasteiger partial charge in [0.2, 0.25) is 0 Å². The lowest BCUT2D eigenvalue weighted by molar-refractivity contribution is 0.0933. The Bertz CT molecular complexity index is 997. The Morgan fingerprint density at radius 1 is 1.16 bits per heavy atom. The number of hydrogen-bond acceptors (Lipinski definition) is 7. The molecule has 1 atom stereocenters. The molecule has 1 unspecified atom stereocenters. The minimum absolute atomic E-state index is 0.231. The first-order valence-corrected chi connectivity index (χ1v) is 12.1. The number of ether oxygens (including phenoxy) is 2. The SMILES string of the molecule is COCc1ccc(CN(C)Cc2nnc(SCc3ccccc3C)n2CC2CCCO2)o1. The van der Waals surface area contributed by atoms with Crippen molar-refractivity contribution >= 4 is 11.8 Å². The maximum absolute atomic E-state index is 5.92. The zero-order valence-corrected chi connectivity index (χ0v) is 19.9. The average molecular weight is 457 g/mol. The summed E-state index contributed by atoms with van der Waals surface area (Å²) in [7, 11) is 3.74. The zero-order chi connectivity index (χ0) is 22.3. The van der Waals surface area contributed by atoms with E-state index in [1.165, 1.54) is 11.1 Å². The average Bonchev–Trinajstić information content (AvgIpc) is 3.52. The van der Waals surface area contributed by atoms with Crippen molar-refractivity contribution in [2.45, 2.75) is 63.0 Å². The number of methoxy groups -OCH3 is 1. The molecule has 172 valence electrons. The Morgan fingerprint density at radius 2 is 2.00 bits per heavy atom. The number of nitrogens with zero attached hydrogens (tertiary/aromatic N) is 4. The first-order chi connectivity index (χ1) is 15.6. The van der Waals surface area contributed by atoms with Gasteiger partial charge in [-0.1, -0.05) is 36.0 Å². The Hall–Kier alpha value is -2.13. The number of benzene rings is 1. The minimum Gasteiger partial charge on any atom is -0.462 e. The second kappa shape index (κ2) is 11.1. The van der Waals surface area contributed by atoms with Crippen molar-refractivity contribution in [3.8, 4) is 0 Å². The lowest BCUT2D eigenvalue weighted by Crippen LogP contribution is -2.23. The fourth-order valence-corrected chi connectivity index (χ4v) is 4.97. The molecule has 1 aliphatic rings. The summed E-state index contributed by atoms with van der Waals surface area (Å²) in [6, 6.07) is 12.5. The highest BCUT2D eigenvalue weighted by atomic mass is 32.2. The Kier molecular flexibility index (Phi) is 8.02. The second-order valence-electron chi connectivity index (χ2n) is 8.33. The molecule has 0 bridgehead atoms. The highest BCUT2D eigenvalue weighted by Gasteiger charge is 2.22. The van der Waals surface area contributed by atoms with Crippen molar-refractivity contribution in [3.05, 3.63) is 64.9 Å². The van der Waals surface area contributed by atoms with Crippen LogP contribution in [0.2, 0.25) is 0 Å². The zero-order valence-electron chi connectivity index (χ0n) is 19.1. The predicted octanol–water partition coefficient (Wildman–Crippen LogP) is 4.43. The highest BCUT2D eigenvalue weighted by molar-refractivity contribution is 7.98. The molecule has 8 heteroatoms. The molecular weight excluding hydrogens is 424 g/mol. The molecule has 7 nitrogen and oxygen atoms in total. The second-order valence-corrected chi connectivity index (χ2v) is 9.28. The maximum Gasteiger partial charge on any atom is 0.191 e. The third-order valence-electron chi connectivity index (χ3n) is 5.66. The van der Waals surface area contributed by atoms with Gasteiger partial charge < -0.3 is 18.5 Å². The molecular formula is C24H32N4O3S. The van der Waals surface area contributed by atoms with E-state index in [0.29, 0.717) is 19.7 Å². The van der Waals surface area contributed by atoms with Gasteiger partial charge in [-0.25, -0.2) is 0 Å². The van der Waals surface area contributed by atoms with Crippen LogP contribution in [-0.2, 0) is 41.5 Å². The van der Waals surface area contributed by atoms with Crippen molar-refractivity contribution in [1.29, 1.82) is 0 Å². The van der Waals surface area contributed by atoms with Gasteiger partial charge in [0.25, 0.3) is 0 Å². The molecule has 0 saturated carbocycles. The summed E-state index contributed by atoms with van der Waals surface area (Å²) in [6.45, 7) is 5.66. The third kappa shape index (κ3) is 6.01. The fourth-order valence-electron chi connectivity index (χ4n) is 3.92. The lowest BCUT2D eigenvalue weighted by Gasteiger charge is -2.18. The molecule has 4 rings (SSSR count). The molecule has 1 saturated heterocycles. The van der Waals surface area contributed by atoms with Gasteiger partial charge in [-0.2, -0.15) is 0 Å². The van der Waals surface area contributed by atoms with Crippen LogP contribution in [0, 0.1) is 6.92 Å². The van der Waals surface area contributed by atoms with Crippen LogP contribution >= 0.6 is 11.8 Å². The molecule has 1 aliphatic heterocycles. The van der Waals surface area contributed by atoms with Gasteiger partial charge in [-0.3, -0.25) is 4.90 Å². The van der Waals surface area contributed by atoms with E-state index in [1.54, 1.807) is 18.9 Å². The van der Waals surface area contributed by atoms with Crippen molar-refractivity contribution < 1.29 is 13.9 Å². The van der Waals surface area contributed by atoms with Crippen LogP contribution in [0.25, 0.3) is 0 Å². The predicted molar refractivity (Wildman–Crippen MR) is 124 cm³/mol. The van der Waals surface area contributed by atoms with Gasteiger partial charge >= 0.3 is 0 Å². The van der Waals surface area contributed by atoms with E-state index in [-0.39, 0.29) is 6.10 Å². The van der Waals surface area contributed by atoms with E-state index < -0.39 is 0 Å². The third-order valence-corrected chi connectivity index (χ3v) is 6.68. The molecule has 0 spiro atoms. The lowest BCUT2D eigenvalue weighted by atomic mass is 10.1. The summed E-state index contributed by atoms with van der Waals surface area (Å²) in [5.41, 5.74) is 2.63. The van der Waals surface area contributed by atoms with Crippen molar-refractivity contribution in [2.24, 2.45) is 0 Å². The quantitative estimate of drug-likeness (QED) is 0.396. The minimum atomic E-state index is 0.231. The highest BCUT2D eigenvalue weighted by Crippen LogP contribution is 2.26. The van der Waals surface area contributed by atoms with Crippen LogP contribution in [0.5, 0.6) is 0 Å². The Morgan fingerprint density at radius 3 is 2.78 bits per heavy atom. The topological polar surface area (TPSA) is 65.5 Å². The molecule has 0 aliphatic carbocycles. The normalized spacial score (nSPS) is 16.3. The molecule has 3 aromatic rings. The van der Waals surface area contributed by atoms with Crippen molar-refractivity contribution in [3.63, 3.8) is 0 Å². The van der Waals surface area contributed by atoms with E-state index in [1.807, 2.05) is 12.1 Å². The molecule has 0 radical (unpaired) electrons. The Labute approximate surface area is 194 Å². The van der Waals surface area contributed by atoms with Gasteiger partial charge in [-0.05, 0) is 50.1 Å². The molecule has 2 aromatic heterocycles. The number of aromatic nitrogens is 3. The van der Waals surface area contributed by atoms with Crippen LogP contribution in [0.3, 0.4) is 0 Å². The van der Waals surface area contributed by atoms with Crippen molar-refractivity contribution in [2.75, 3.05) is 20.8 Å². The van der Waals surface area contributed by atoms with Crippen LogP contribution in [0.4, 0.5) is 0 Å². The van der Waals surface area contributed by atoms with E-state index in [4.69, 9.17) is 13.9 Å². The Balaban J connectivity index is 1.45. The standard InChI is InChI=1S/C24H32N4O3S/c1-18-7-4-5-8-19(18)17-32-24-26-25-23(28(24)14-20-9-6-12-30-20)15-27(2)13-21-10-11-22(31-21)16-29-3/h4-5,7-8,10-11,20H,6,9,12-17H2,1-3H3. The molecule has 1 fully saturated rings. The van der Waals surface area contributed by atoms with Crippen molar-refractivity contribution in [1.82, 2.24) is 19.7 Å². The molecule has 3 heterocycles. The smallest absolute Gasteiger partial charge is 0.191 e. The van der Waals surface area contributed by atoms with Crippen LogP contribution in [-0.4, -0.2) is 46.5 Å². The largest absolute Gasteiger partial charge is 0.462 e. The van der Waals surface area contributed by atoms with E-state index in [2.05, 4.69) is 57.9 Å². The first-order valence-electron chi connectivity index (χ1n) is 11.1. The monoisotopic (exact) mass is 456 g/mol. The fraction of sp³-hybridized carbons (Fsp3) is 0.500. The summed E-state index contributed by atoms with van der Waals surface area (Å²) in [6.07, 6.45) is 2.44. The first kappa shape index (κ1) is 23.0. The summed E-state index contributed by atoms with van der Waals surface area (Å²) < 4.78 is 19.1. The van der Waals surface area contributed by atoms with Crippen LogP contribution in [0.1, 0.15) is 41.3 Å². The molecule has 0 N–H and O–H groups in total. The van der Waals surface area contributed by atoms with Crippen LogP contribution in [0.15, 0.2) is 46.0 Å². The van der Waals surface area contributed by atoms with Gasteiger partial charge in [0.05, 0.1) is 25.7 Å². The summed E-state index contributed by atoms with van der Waals surface area (Å²) in [5, 5.41) is 10.1.